The molecule has 94 valence electrons. The predicted octanol–water partition coefficient (Wildman–Crippen LogP) is -0.107. The van der Waals surface area contributed by atoms with Crippen LogP contribution in [0.3, 0.4) is 0 Å². The lowest BCUT2D eigenvalue weighted by molar-refractivity contribution is -0.142. The molecule has 1 aromatic rings. The minimum Gasteiger partial charge on any atom is -0.481 e. The maximum atomic E-state index is 12.1. The summed E-state index contributed by atoms with van der Waals surface area (Å²) in [6, 6.07) is -0.535. The maximum Gasteiger partial charge on any atom is 0.308 e. The van der Waals surface area contributed by atoms with Gasteiger partial charge in [-0.15, -0.1) is 0 Å². The van der Waals surface area contributed by atoms with Crippen LogP contribution < -0.4 is 0 Å². The number of hydrogen-bond acceptors (Lipinski definition) is 4. The second-order valence-corrected chi connectivity index (χ2v) is 5.91. The van der Waals surface area contributed by atoms with Crippen LogP contribution in [0, 0.1) is 5.92 Å². The summed E-state index contributed by atoms with van der Waals surface area (Å²) in [4.78, 5) is 11.0. The Morgan fingerprint density at radius 1 is 1.65 bits per heavy atom. The fraction of sp³-hybridized carbons (Fsp3) is 0.556. The van der Waals surface area contributed by atoms with E-state index in [0.717, 1.165) is 0 Å². The van der Waals surface area contributed by atoms with Crippen molar-refractivity contribution in [2.75, 3.05) is 6.54 Å². The van der Waals surface area contributed by atoms with Crippen molar-refractivity contribution in [3.8, 4) is 0 Å². The van der Waals surface area contributed by atoms with E-state index in [1.165, 1.54) is 16.7 Å². The van der Waals surface area contributed by atoms with Gasteiger partial charge in [0.1, 0.15) is 4.90 Å². The van der Waals surface area contributed by atoms with Gasteiger partial charge in [0.05, 0.1) is 12.1 Å². The Morgan fingerprint density at radius 3 is 2.82 bits per heavy atom. The molecule has 2 unspecified atom stereocenters. The normalized spacial score (nSPS) is 26.2. The van der Waals surface area contributed by atoms with Crippen LogP contribution in [-0.2, 0) is 14.8 Å². The van der Waals surface area contributed by atoms with Gasteiger partial charge < -0.3 is 5.11 Å². The van der Waals surface area contributed by atoms with Crippen molar-refractivity contribution >= 4 is 16.0 Å². The highest BCUT2D eigenvalue weighted by molar-refractivity contribution is 7.89. The average Bonchev–Trinajstić information content (AvgIpc) is 2.84. The molecule has 0 saturated carbocycles. The second kappa shape index (κ2) is 4.11. The number of nitrogens with zero attached hydrogens (tertiary/aromatic N) is 2. The first kappa shape index (κ1) is 12.1. The summed E-state index contributed by atoms with van der Waals surface area (Å²) in [6.07, 6.45) is 2.85. The molecule has 1 aromatic heterocycles. The van der Waals surface area contributed by atoms with E-state index < -0.39 is 28.0 Å². The van der Waals surface area contributed by atoms with Crippen molar-refractivity contribution in [2.24, 2.45) is 5.92 Å². The van der Waals surface area contributed by atoms with Crippen LogP contribution in [0.4, 0.5) is 0 Å². The molecule has 0 amide bonds. The summed E-state index contributed by atoms with van der Waals surface area (Å²) in [6.45, 7) is 1.84. The Bertz CT molecular complexity index is 510. The van der Waals surface area contributed by atoms with E-state index in [-0.39, 0.29) is 11.4 Å². The number of aromatic amines is 1. The molecular weight excluding hydrogens is 246 g/mol. The molecule has 1 fully saturated rings. The topological polar surface area (TPSA) is 103 Å². The van der Waals surface area contributed by atoms with Gasteiger partial charge in [0.2, 0.25) is 10.0 Å². The van der Waals surface area contributed by atoms with Gasteiger partial charge in [-0.3, -0.25) is 9.89 Å². The number of rotatable bonds is 3. The summed E-state index contributed by atoms with van der Waals surface area (Å²) < 4.78 is 25.5. The van der Waals surface area contributed by atoms with Gasteiger partial charge >= 0.3 is 5.97 Å². The lowest BCUT2D eigenvalue weighted by Crippen LogP contribution is -2.37. The molecule has 17 heavy (non-hydrogen) atoms. The van der Waals surface area contributed by atoms with Crippen molar-refractivity contribution in [3.63, 3.8) is 0 Å². The summed E-state index contributed by atoms with van der Waals surface area (Å²) in [7, 11) is -3.63. The van der Waals surface area contributed by atoms with Crippen molar-refractivity contribution in [1.82, 2.24) is 14.5 Å². The number of aromatic nitrogens is 2. The largest absolute Gasteiger partial charge is 0.481 e. The van der Waals surface area contributed by atoms with Gasteiger partial charge in [-0.05, 0) is 13.3 Å². The van der Waals surface area contributed by atoms with Crippen LogP contribution in [0.25, 0.3) is 0 Å². The van der Waals surface area contributed by atoms with Crippen LogP contribution >= 0.6 is 0 Å². The van der Waals surface area contributed by atoms with E-state index in [0.29, 0.717) is 6.42 Å². The van der Waals surface area contributed by atoms with E-state index in [2.05, 4.69) is 10.2 Å². The number of nitrogens with one attached hydrogen (secondary N) is 1. The number of aliphatic carboxylic acids is 1. The first-order valence-electron chi connectivity index (χ1n) is 5.18. The number of carbonyl (C=O) groups is 1. The third-order valence-corrected chi connectivity index (χ3v) is 5.05. The second-order valence-electron chi connectivity index (χ2n) is 4.02. The van der Waals surface area contributed by atoms with Crippen molar-refractivity contribution < 1.29 is 18.3 Å². The Kier molecular flexibility index (Phi) is 2.92. The minimum atomic E-state index is -3.63. The Balaban J connectivity index is 2.29. The van der Waals surface area contributed by atoms with E-state index in [1.807, 2.05) is 0 Å². The molecule has 2 N–H and O–H groups in total. The highest BCUT2D eigenvalue weighted by Gasteiger charge is 2.42. The highest BCUT2D eigenvalue weighted by atomic mass is 32.2. The van der Waals surface area contributed by atoms with E-state index in [9.17, 15) is 13.2 Å². The van der Waals surface area contributed by atoms with Crippen molar-refractivity contribution in [3.05, 3.63) is 12.4 Å². The van der Waals surface area contributed by atoms with Gasteiger partial charge in [-0.2, -0.15) is 9.40 Å². The fourth-order valence-corrected chi connectivity index (χ4v) is 3.69. The number of H-pyrrole nitrogens is 1. The Hall–Kier alpha value is -1.41. The van der Waals surface area contributed by atoms with Crippen LogP contribution in [0.5, 0.6) is 0 Å². The first-order chi connectivity index (χ1) is 7.94. The predicted molar refractivity (Wildman–Crippen MR) is 57.7 cm³/mol. The zero-order chi connectivity index (χ0) is 12.6. The number of sulfonamides is 1. The molecule has 2 atom stereocenters. The monoisotopic (exact) mass is 259 g/mol. The van der Waals surface area contributed by atoms with Gasteiger partial charge in [-0.1, -0.05) is 0 Å². The lowest BCUT2D eigenvalue weighted by atomic mass is 10.0. The third kappa shape index (κ3) is 1.93. The molecule has 0 spiro atoms. The Labute approximate surface area is 98.5 Å². The molecule has 1 saturated heterocycles. The van der Waals surface area contributed by atoms with Gasteiger partial charge in [0.25, 0.3) is 0 Å². The van der Waals surface area contributed by atoms with Gasteiger partial charge in [0, 0.05) is 18.8 Å². The molecule has 8 heteroatoms. The summed E-state index contributed by atoms with van der Waals surface area (Å²) in [5, 5.41) is 15.0. The maximum absolute atomic E-state index is 12.1. The summed E-state index contributed by atoms with van der Waals surface area (Å²) in [5.41, 5.74) is 0. The molecular formula is C9H13N3O4S. The third-order valence-electron chi connectivity index (χ3n) is 3.09. The molecule has 1 aliphatic heterocycles. The van der Waals surface area contributed by atoms with Gasteiger partial charge in [0.15, 0.2) is 0 Å². The lowest BCUT2D eigenvalue weighted by Gasteiger charge is -2.21. The van der Waals surface area contributed by atoms with Crippen LogP contribution in [0.1, 0.15) is 13.3 Å². The summed E-state index contributed by atoms with van der Waals surface area (Å²) >= 11 is 0. The molecule has 0 radical (unpaired) electrons. The summed E-state index contributed by atoms with van der Waals surface area (Å²) in [5.74, 6) is -1.60. The van der Waals surface area contributed by atoms with Crippen molar-refractivity contribution in [1.29, 1.82) is 0 Å². The van der Waals surface area contributed by atoms with Gasteiger partial charge in [-0.25, -0.2) is 8.42 Å². The molecule has 7 nitrogen and oxygen atoms in total. The number of carboxylic acids is 1. The zero-order valence-electron chi connectivity index (χ0n) is 9.20. The number of hydrogen-bond donors (Lipinski definition) is 2. The molecule has 1 aliphatic rings. The quantitative estimate of drug-likeness (QED) is 0.788. The molecule has 0 aliphatic carbocycles. The standard InChI is InChI=1S/C9H13N3O4S/c1-6-8(9(13)14)2-3-12(6)17(15,16)7-4-10-11-5-7/h4-6,8H,2-3H2,1H3,(H,10,11)(H,13,14). The van der Waals surface area contributed by atoms with Crippen molar-refractivity contribution in [2.45, 2.75) is 24.3 Å². The fourth-order valence-electron chi connectivity index (χ4n) is 2.10. The minimum absolute atomic E-state index is 0.0652. The van der Waals surface area contributed by atoms with Crippen LogP contribution in [-0.4, -0.2) is 46.6 Å². The zero-order valence-corrected chi connectivity index (χ0v) is 10.0. The highest BCUT2D eigenvalue weighted by Crippen LogP contribution is 2.29. The molecule has 2 rings (SSSR count). The van der Waals surface area contributed by atoms with Crippen LogP contribution in [0.2, 0.25) is 0 Å². The smallest absolute Gasteiger partial charge is 0.308 e. The molecule has 2 heterocycles. The first-order valence-corrected chi connectivity index (χ1v) is 6.62. The molecule has 0 bridgehead atoms. The SMILES string of the molecule is CC1C(C(=O)O)CCN1S(=O)(=O)c1cn[nH]c1. The molecule has 0 aromatic carbocycles. The average molecular weight is 259 g/mol. The number of carboxylic acid groups (broad SMARTS) is 1. The van der Waals surface area contributed by atoms with Crippen LogP contribution in [0.15, 0.2) is 17.3 Å². The van der Waals surface area contributed by atoms with E-state index in [1.54, 1.807) is 6.92 Å². The van der Waals surface area contributed by atoms with E-state index >= 15 is 0 Å². The van der Waals surface area contributed by atoms with E-state index in [4.69, 9.17) is 5.11 Å². The Morgan fingerprint density at radius 2 is 2.35 bits per heavy atom.